The monoisotopic (exact) mass is 406 g/mol. The summed E-state index contributed by atoms with van der Waals surface area (Å²) in [5.74, 6) is 2.89. The summed E-state index contributed by atoms with van der Waals surface area (Å²) in [5, 5.41) is 0. The molecule has 30 heavy (non-hydrogen) atoms. The molecule has 4 heteroatoms. The van der Waals surface area contributed by atoms with Crippen LogP contribution in [0.15, 0.2) is 71.8 Å². The number of carbonyl (C=O) groups is 1. The predicted octanol–water partition coefficient (Wildman–Crippen LogP) is 5.57. The minimum atomic E-state index is 0.200. The molecule has 0 heterocycles. The van der Waals surface area contributed by atoms with Crippen molar-refractivity contribution >= 4 is 5.78 Å². The Kier molecular flexibility index (Phi) is 7.72. The lowest BCUT2D eigenvalue weighted by molar-refractivity contribution is -0.118. The van der Waals surface area contributed by atoms with Gasteiger partial charge in [-0.3, -0.25) is 4.79 Å². The Morgan fingerprint density at radius 3 is 2.40 bits per heavy atom. The summed E-state index contributed by atoms with van der Waals surface area (Å²) in [5.41, 5.74) is 3.46. The van der Waals surface area contributed by atoms with E-state index >= 15 is 0 Å². The Labute approximate surface area is 179 Å². The third-order valence-corrected chi connectivity index (χ3v) is 5.53. The summed E-state index contributed by atoms with van der Waals surface area (Å²) in [6.07, 6.45) is 6.97. The molecule has 0 amide bonds. The topological polar surface area (TPSA) is 44.8 Å². The van der Waals surface area contributed by atoms with Crippen LogP contribution < -0.4 is 14.2 Å². The summed E-state index contributed by atoms with van der Waals surface area (Å²) in [6.45, 7) is 2.76. The van der Waals surface area contributed by atoms with Gasteiger partial charge in [0.1, 0.15) is 29.6 Å². The van der Waals surface area contributed by atoms with Crippen LogP contribution in [0.1, 0.15) is 31.7 Å². The van der Waals surface area contributed by atoms with E-state index in [1.807, 2.05) is 48.5 Å². The number of para-hydroxylation sites is 1. The highest BCUT2D eigenvalue weighted by atomic mass is 16.5. The largest absolute Gasteiger partial charge is 0.497 e. The molecule has 0 N–H and O–H groups in total. The first-order valence-electron chi connectivity index (χ1n) is 10.4. The molecule has 1 aliphatic rings. The van der Waals surface area contributed by atoms with Crippen molar-refractivity contribution in [2.75, 3.05) is 20.8 Å². The predicted molar refractivity (Wildman–Crippen MR) is 119 cm³/mol. The van der Waals surface area contributed by atoms with Crippen LogP contribution in [0.25, 0.3) is 0 Å². The molecular formula is C26H30O4. The number of ether oxygens (including phenoxy) is 3. The van der Waals surface area contributed by atoms with Crippen LogP contribution in [-0.2, 0) is 11.2 Å². The summed E-state index contributed by atoms with van der Waals surface area (Å²) in [4.78, 5) is 12.7. The molecule has 0 saturated carbocycles. The molecule has 2 aromatic rings. The van der Waals surface area contributed by atoms with Crippen LogP contribution in [-0.4, -0.2) is 26.6 Å². The number of hydrogen-bond acceptors (Lipinski definition) is 4. The Balaban J connectivity index is 1.52. The minimum Gasteiger partial charge on any atom is -0.497 e. The number of rotatable bonds is 11. The van der Waals surface area contributed by atoms with E-state index in [2.05, 4.69) is 19.1 Å². The van der Waals surface area contributed by atoms with Crippen molar-refractivity contribution in [2.24, 2.45) is 5.92 Å². The minimum absolute atomic E-state index is 0.200. The number of Topliss-reactive ketones (excluding diaryl/α,β-unsaturated/α-hetero) is 1. The van der Waals surface area contributed by atoms with Crippen LogP contribution >= 0.6 is 0 Å². The molecule has 2 aromatic carbocycles. The molecule has 0 saturated heterocycles. The molecule has 0 bridgehead atoms. The van der Waals surface area contributed by atoms with Crippen LogP contribution in [0.3, 0.4) is 0 Å². The molecular weight excluding hydrogens is 376 g/mol. The number of methoxy groups -OCH3 is 2. The van der Waals surface area contributed by atoms with Crippen molar-refractivity contribution < 1.29 is 19.0 Å². The van der Waals surface area contributed by atoms with Crippen molar-refractivity contribution in [1.29, 1.82) is 0 Å². The van der Waals surface area contributed by atoms with Gasteiger partial charge in [-0.25, -0.2) is 0 Å². The van der Waals surface area contributed by atoms with Gasteiger partial charge in [0.15, 0.2) is 0 Å². The molecule has 0 aliphatic heterocycles. The maximum atomic E-state index is 12.7. The quantitative estimate of drug-likeness (QED) is 0.490. The fourth-order valence-corrected chi connectivity index (χ4v) is 3.90. The molecule has 1 aliphatic carbocycles. The molecule has 1 atom stereocenters. The zero-order valence-electron chi connectivity index (χ0n) is 18.0. The summed E-state index contributed by atoms with van der Waals surface area (Å²) >= 11 is 0. The van der Waals surface area contributed by atoms with E-state index in [1.165, 1.54) is 11.1 Å². The van der Waals surface area contributed by atoms with Gasteiger partial charge in [-0.2, -0.15) is 0 Å². The van der Waals surface area contributed by atoms with Crippen molar-refractivity contribution in [3.63, 3.8) is 0 Å². The highest BCUT2D eigenvalue weighted by molar-refractivity contribution is 5.82. The van der Waals surface area contributed by atoms with E-state index in [0.717, 1.165) is 35.7 Å². The smallest absolute Gasteiger partial charge is 0.137 e. The van der Waals surface area contributed by atoms with Gasteiger partial charge >= 0.3 is 0 Å². The zero-order valence-corrected chi connectivity index (χ0v) is 18.0. The highest BCUT2D eigenvalue weighted by Gasteiger charge is 2.22. The van der Waals surface area contributed by atoms with Gasteiger partial charge in [-0.05, 0) is 48.7 Å². The van der Waals surface area contributed by atoms with Crippen LogP contribution in [0.5, 0.6) is 17.2 Å². The third kappa shape index (κ3) is 5.53. The first-order chi connectivity index (χ1) is 14.6. The second-order valence-electron chi connectivity index (χ2n) is 7.44. The van der Waals surface area contributed by atoms with E-state index in [1.54, 1.807) is 14.2 Å². The highest BCUT2D eigenvalue weighted by Crippen LogP contribution is 2.33. The molecule has 158 valence electrons. The Hall–Kier alpha value is -3.01. The Morgan fingerprint density at radius 1 is 0.933 bits per heavy atom. The van der Waals surface area contributed by atoms with Crippen molar-refractivity contribution in [3.05, 3.63) is 77.4 Å². The maximum Gasteiger partial charge on any atom is 0.137 e. The molecule has 3 rings (SSSR count). The normalized spacial score (nSPS) is 15.4. The lowest BCUT2D eigenvalue weighted by Crippen LogP contribution is -2.12. The molecule has 0 aromatic heterocycles. The van der Waals surface area contributed by atoms with Crippen molar-refractivity contribution in [3.8, 4) is 17.2 Å². The van der Waals surface area contributed by atoms with Crippen molar-refractivity contribution in [1.82, 2.24) is 0 Å². The fraction of sp³-hybridized carbons (Fsp3) is 0.346. The standard InChI is InChI=1S/C26H30O4/c1-4-25-19(10-11-20(25)18-30-23-8-6-5-7-9-23)12-13-22(27)16-21-17-24(28-2)14-15-26(21)29-3/h5-11,14-15,17,25H,4,12-13,16,18H2,1-3H3. The van der Waals surface area contributed by atoms with Gasteiger partial charge < -0.3 is 14.2 Å². The first-order valence-corrected chi connectivity index (χ1v) is 10.4. The van der Waals surface area contributed by atoms with E-state index < -0.39 is 0 Å². The van der Waals surface area contributed by atoms with Crippen LogP contribution in [0.2, 0.25) is 0 Å². The molecule has 0 radical (unpaired) electrons. The Bertz CT molecular complexity index is 912. The van der Waals surface area contributed by atoms with E-state index in [4.69, 9.17) is 14.2 Å². The summed E-state index contributed by atoms with van der Waals surface area (Å²) in [6, 6.07) is 15.4. The number of hydrogen-bond donors (Lipinski definition) is 0. The third-order valence-electron chi connectivity index (χ3n) is 5.53. The molecule has 0 spiro atoms. The SMILES string of the molecule is CCC1C(CCC(=O)Cc2cc(OC)ccc2OC)=CC=C1COc1ccccc1. The summed E-state index contributed by atoms with van der Waals surface area (Å²) in [7, 11) is 3.24. The van der Waals surface area contributed by atoms with E-state index in [0.29, 0.717) is 25.4 Å². The second-order valence-corrected chi connectivity index (χ2v) is 7.44. The molecule has 0 fully saturated rings. The van der Waals surface area contributed by atoms with Crippen molar-refractivity contribution in [2.45, 2.75) is 32.6 Å². The van der Waals surface area contributed by atoms with Gasteiger partial charge in [-0.15, -0.1) is 0 Å². The number of ketones is 1. The maximum absolute atomic E-state index is 12.7. The zero-order chi connectivity index (χ0) is 21.3. The van der Waals surface area contributed by atoms with E-state index in [-0.39, 0.29) is 5.78 Å². The molecule has 4 nitrogen and oxygen atoms in total. The average Bonchev–Trinajstić information content (AvgIpc) is 3.18. The molecule has 1 unspecified atom stereocenters. The van der Waals surface area contributed by atoms with Gasteiger partial charge in [0.2, 0.25) is 0 Å². The van der Waals surface area contributed by atoms with Crippen LogP contribution in [0, 0.1) is 5.92 Å². The fourth-order valence-electron chi connectivity index (χ4n) is 3.90. The average molecular weight is 407 g/mol. The number of allylic oxidation sites excluding steroid dienone is 3. The van der Waals surface area contributed by atoms with Gasteiger partial charge in [-0.1, -0.05) is 42.8 Å². The number of benzene rings is 2. The number of carbonyl (C=O) groups excluding carboxylic acids is 1. The van der Waals surface area contributed by atoms with Crippen LogP contribution in [0.4, 0.5) is 0 Å². The lowest BCUT2D eigenvalue weighted by atomic mass is 9.89. The summed E-state index contributed by atoms with van der Waals surface area (Å²) < 4.78 is 16.6. The van der Waals surface area contributed by atoms with Gasteiger partial charge in [0.25, 0.3) is 0 Å². The van der Waals surface area contributed by atoms with Gasteiger partial charge in [0.05, 0.1) is 14.2 Å². The first kappa shape index (κ1) is 21.7. The van der Waals surface area contributed by atoms with Gasteiger partial charge in [0, 0.05) is 24.3 Å². The second kappa shape index (κ2) is 10.7. The lowest BCUT2D eigenvalue weighted by Gasteiger charge is -2.18. The Morgan fingerprint density at radius 2 is 1.70 bits per heavy atom. The van der Waals surface area contributed by atoms with E-state index in [9.17, 15) is 4.79 Å².